The third-order valence-corrected chi connectivity index (χ3v) is 5.44. The van der Waals surface area contributed by atoms with Gasteiger partial charge in [0.25, 0.3) is 0 Å². The number of benzene rings is 1. The van der Waals surface area contributed by atoms with Crippen LogP contribution in [0.1, 0.15) is 50.4 Å². The van der Waals surface area contributed by atoms with Gasteiger partial charge in [0.05, 0.1) is 25.5 Å². The summed E-state index contributed by atoms with van der Waals surface area (Å²) in [5.74, 6) is 0.129. The van der Waals surface area contributed by atoms with E-state index in [2.05, 4.69) is 0 Å². The van der Waals surface area contributed by atoms with Gasteiger partial charge >= 0.3 is 0 Å². The van der Waals surface area contributed by atoms with Crippen LogP contribution in [0.5, 0.6) is 0 Å². The third-order valence-electron chi connectivity index (χ3n) is 5.44. The molecule has 1 unspecified atom stereocenters. The Morgan fingerprint density at radius 1 is 1.10 bits per heavy atom. The van der Waals surface area contributed by atoms with E-state index >= 15 is 0 Å². The van der Waals surface area contributed by atoms with Crippen LogP contribution < -0.4 is 0 Å². The largest absolute Gasteiger partial charge is 0.467 e. The number of hydrogen-bond donors (Lipinski definition) is 0. The van der Waals surface area contributed by atoms with Gasteiger partial charge in [0.2, 0.25) is 11.8 Å². The maximum Gasteiger partial charge on any atom is 0.242 e. The summed E-state index contributed by atoms with van der Waals surface area (Å²) in [5, 5.41) is 0. The fraction of sp³-hybridized carbons (Fsp3) is 0.500. The zero-order valence-corrected chi connectivity index (χ0v) is 18.1. The van der Waals surface area contributed by atoms with Crippen molar-refractivity contribution in [1.82, 2.24) is 9.80 Å². The number of hydrogen-bond acceptors (Lipinski definition) is 4. The number of halogens is 1. The summed E-state index contributed by atoms with van der Waals surface area (Å²) in [6.07, 6.45) is 5.56. The highest BCUT2D eigenvalue weighted by atomic mass is 19.1. The van der Waals surface area contributed by atoms with Gasteiger partial charge in [-0.3, -0.25) is 9.59 Å². The van der Waals surface area contributed by atoms with Crippen LogP contribution in [-0.2, 0) is 27.4 Å². The van der Waals surface area contributed by atoms with Gasteiger partial charge in [-0.15, -0.1) is 0 Å². The van der Waals surface area contributed by atoms with Crippen molar-refractivity contribution in [2.75, 3.05) is 19.7 Å². The lowest BCUT2D eigenvalue weighted by atomic mass is 10.1. The van der Waals surface area contributed by atoms with Crippen molar-refractivity contribution in [3.63, 3.8) is 0 Å². The van der Waals surface area contributed by atoms with E-state index in [0.717, 1.165) is 31.2 Å². The molecule has 1 saturated heterocycles. The Labute approximate surface area is 183 Å². The molecule has 1 aromatic carbocycles. The Hall–Kier alpha value is -2.67. The number of furan rings is 1. The minimum atomic E-state index is -0.322. The zero-order valence-electron chi connectivity index (χ0n) is 18.1. The van der Waals surface area contributed by atoms with Crippen molar-refractivity contribution in [3.8, 4) is 0 Å². The van der Waals surface area contributed by atoms with Crippen LogP contribution in [-0.4, -0.2) is 47.4 Å². The van der Waals surface area contributed by atoms with Gasteiger partial charge in [-0.1, -0.05) is 25.5 Å². The normalized spacial score (nSPS) is 15.7. The van der Waals surface area contributed by atoms with Crippen molar-refractivity contribution in [2.24, 2.45) is 0 Å². The molecule has 7 heteroatoms. The minimum Gasteiger partial charge on any atom is -0.467 e. The van der Waals surface area contributed by atoms with E-state index in [1.165, 1.54) is 12.1 Å². The molecular weight excluding hydrogens is 399 g/mol. The summed E-state index contributed by atoms with van der Waals surface area (Å²) in [6, 6.07) is 9.66. The summed E-state index contributed by atoms with van der Waals surface area (Å²) in [5.41, 5.74) is 0.810. The maximum absolute atomic E-state index is 13.3. The highest BCUT2D eigenvalue weighted by Crippen LogP contribution is 2.16. The predicted molar refractivity (Wildman–Crippen MR) is 114 cm³/mol. The molecule has 1 atom stereocenters. The number of nitrogens with zero attached hydrogens (tertiary/aromatic N) is 2. The molecule has 0 spiro atoms. The Morgan fingerprint density at radius 2 is 1.90 bits per heavy atom. The van der Waals surface area contributed by atoms with Crippen LogP contribution in [0.15, 0.2) is 47.1 Å². The third kappa shape index (κ3) is 7.21. The van der Waals surface area contributed by atoms with E-state index in [0.29, 0.717) is 31.9 Å². The molecule has 0 saturated carbocycles. The van der Waals surface area contributed by atoms with Gasteiger partial charge in [-0.2, -0.15) is 0 Å². The molecule has 3 rings (SSSR count). The van der Waals surface area contributed by atoms with Crippen LogP contribution in [0.25, 0.3) is 0 Å². The van der Waals surface area contributed by atoms with Gasteiger partial charge in [0.15, 0.2) is 0 Å². The molecule has 1 aromatic heterocycles. The summed E-state index contributed by atoms with van der Waals surface area (Å²) >= 11 is 0. The number of rotatable bonds is 11. The summed E-state index contributed by atoms with van der Waals surface area (Å²) in [4.78, 5) is 29.4. The molecule has 0 radical (unpaired) electrons. The summed E-state index contributed by atoms with van der Waals surface area (Å²) < 4.78 is 24.4. The standard InChI is InChI=1S/C24H31FN2O4/c1-2-3-8-23(28)27(17-22-7-5-14-31-22)18-24(29)26(16-21-6-4-13-30-21)15-19-9-11-20(25)12-10-19/h4,6,9-13,22H,2-3,5,7-8,14-18H2,1H3. The lowest BCUT2D eigenvalue weighted by Gasteiger charge is -2.29. The number of ether oxygens (including phenoxy) is 1. The summed E-state index contributed by atoms with van der Waals surface area (Å²) in [7, 11) is 0. The molecule has 2 aromatic rings. The van der Waals surface area contributed by atoms with Crippen molar-refractivity contribution >= 4 is 11.8 Å². The Balaban J connectivity index is 1.72. The quantitative estimate of drug-likeness (QED) is 0.537. The smallest absolute Gasteiger partial charge is 0.242 e. The van der Waals surface area contributed by atoms with Crippen molar-refractivity contribution in [2.45, 2.75) is 58.2 Å². The Morgan fingerprint density at radius 3 is 2.55 bits per heavy atom. The monoisotopic (exact) mass is 430 g/mol. The van der Waals surface area contributed by atoms with E-state index in [1.54, 1.807) is 34.3 Å². The van der Waals surface area contributed by atoms with Gasteiger partial charge in [0, 0.05) is 26.1 Å². The maximum atomic E-state index is 13.3. The van der Waals surface area contributed by atoms with Gasteiger partial charge in [-0.05, 0) is 49.1 Å². The summed E-state index contributed by atoms with van der Waals surface area (Å²) in [6.45, 7) is 3.74. The van der Waals surface area contributed by atoms with Gasteiger partial charge in [0.1, 0.15) is 11.6 Å². The first-order valence-electron chi connectivity index (χ1n) is 11.0. The number of amides is 2. The molecule has 1 aliphatic heterocycles. The van der Waals surface area contributed by atoms with Crippen molar-refractivity contribution < 1.29 is 23.1 Å². The van der Waals surface area contributed by atoms with E-state index < -0.39 is 0 Å². The van der Waals surface area contributed by atoms with Crippen LogP contribution in [0.4, 0.5) is 4.39 Å². The van der Waals surface area contributed by atoms with Crippen LogP contribution in [0.3, 0.4) is 0 Å². The molecule has 2 heterocycles. The molecule has 6 nitrogen and oxygen atoms in total. The Bertz CT molecular complexity index is 817. The molecule has 31 heavy (non-hydrogen) atoms. The van der Waals surface area contributed by atoms with E-state index in [9.17, 15) is 14.0 Å². The van der Waals surface area contributed by atoms with E-state index in [4.69, 9.17) is 9.15 Å². The molecule has 0 N–H and O–H groups in total. The lowest BCUT2D eigenvalue weighted by molar-refractivity contribution is -0.142. The number of carbonyl (C=O) groups excluding carboxylic acids is 2. The second kappa shape index (κ2) is 11.6. The highest BCUT2D eigenvalue weighted by Gasteiger charge is 2.26. The molecule has 1 aliphatic rings. The van der Waals surface area contributed by atoms with Gasteiger partial charge in [-0.25, -0.2) is 4.39 Å². The lowest BCUT2D eigenvalue weighted by Crippen LogP contribution is -2.45. The second-order valence-corrected chi connectivity index (χ2v) is 7.97. The molecule has 168 valence electrons. The average molecular weight is 431 g/mol. The fourth-order valence-corrected chi connectivity index (χ4v) is 3.67. The van der Waals surface area contributed by atoms with Crippen LogP contribution in [0.2, 0.25) is 0 Å². The number of carbonyl (C=O) groups is 2. The van der Waals surface area contributed by atoms with E-state index in [-0.39, 0.29) is 36.8 Å². The Kier molecular flexibility index (Phi) is 8.64. The molecular formula is C24H31FN2O4. The molecule has 0 aliphatic carbocycles. The average Bonchev–Trinajstić information content (AvgIpc) is 3.47. The SMILES string of the molecule is CCCCC(=O)N(CC(=O)N(Cc1ccc(F)cc1)Cc1ccco1)CC1CCCO1. The molecule has 2 amide bonds. The fourth-order valence-electron chi connectivity index (χ4n) is 3.67. The van der Waals surface area contributed by atoms with E-state index in [1.807, 2.05) is 13.0 Å². The first-order chi connectivity index (χ1) is 15.0. The zero-order chi connectivity index (χ0) is 22.1. The second-order valence-electron chi connectivity index (χ2n) is 7.97. The first-order valence-corrected chi connectivity index (χ1v) is 11.0. The van der Waals surface area contributed by atoms with Crippen LogP contribution in [0, 0.1) is 5.82 Å². The molecule has 0 bridgehead atoms. The minimum absolute atomic E-state index is 0.00961. The molecule has 1 fully saturated rings. The van der Waals surface area contributed by atoms with Gasteiger partial charge < -0.3 is 19.0 Å². The number of unbranched alkanes of at least 4 members (excludes halogenated alkanes) is 1. The topological polar surface area (TPSA) is 63.0 Å². The predicted octanol–water partition coefficient (Wildman–Crippen LogP) is 4.15. The highest BCUT2D eigenvalue weighted by molar-refractivity contribution is 5.84. The van der Waals surface area contributed by atoms with Crippen molar-refractivity contribution in [1.29, 1.82) is 0 Å². The first kappa shape index (κ1) is 23.0. The van der Waals surface area contributed by atoms with Crippen molar-refractivity contribution in [3.05, 3.63) is 59.8 Å². The van der Waals surface area contributed by atoms with Crippen LogP contribution >= 0.6 is 0 Å².